The second-order valence-corrected chi connectivity index (χ2v) is 0.981. The molecule has 0 atom stereocenters. The number of aliphatic carboxylic acids is 1. The third-order valence-corrected chi connectivity index (χ3v) is 0.370. The topological polar surface area (TPSA) is 113 Å². The molecule has 0 aliphatic heterocycles. The fourth-order valence-corrected chi connectivity index (χ4v) is 0.136. The van der Waals surface area contributed by atoms with E-state index < -0.39 is 19.3 Å². The monoisotopic (exact) mass is 158 g/mol. The van der Waals surface area contributed by atoms with Crippen LogP contribution in [-0.2, 0) is 14.2 Å². The molecule has 0 unspecified atom stereocenters. The Morgan fingerprint density at radius 2 is 1.70 bits per heavy atom. The Bertz CT molecular complexity index is 134. The van der Waals surface area contributed by atoms with Crippen LogP contribution in [0.5, 0.6) is 0 Å². The summed E-state index contributed by atoms with van der Waals surface area (Å²) in [5, 5.41) is 28.1. The molecular weight excluding hydrogens is 158 g/mol. The van der Waals surface area contributed by atoms with Crippen LogP contribution in [0.15, 0.2) is 0 Å². The van der Waals surface area contributed by atoms with Crippen LogP contribution in [0, 0.1) is 0 Å². The van der Waals surface area contributed by atoms with Gasteiger partial charge in [-0.2, -0.15) is 0 Å². The van der Waals surface area contributed by atoms with E-state index in [1.54, 1.807) is 0 Å². The Morgan fingerprint density at radius 3 is 1.80 bits per heavy atom. The first-order valence-corrected chi connectivity index (χ1v) is 1.77. The summed E-state index contributed by atoms with van der Waals surface area (Å²) in [5.41, 5.74) is 0. The molecule has 6 nitrogen and oxygen atoms in total. The average Bonchev–Trinajstić information content (AvgIpc) is 1.63. The Balaban J connectivity index is 0. The molecule has 50 valence electrons. The molecule has 0 aromatic rings. The molecule has 0 amide bonds. The van der Waals surface area contributed by atoms with E-state index in [0.717, 1.165) is 0 Å². The number of hydrogen-bond donors (Lipinski definition) is 0. The van der Waals surface area contributed by atoms with E-state index in [1.165, 1.54) is 0 Å². The number of carboxylic acids is 1. The molecule has 0 heterocycles. The second kappa shape index (κ2) is 5.26. The molecule has 0 rings (SSSR count). The Morgan fingerprint density at radius 1 is 1.30 bits per heavy atom. The molecule has 0 bridgehead atoms. The molecule has 0 fully saturated rings. The number of carbonyl (C=O) groups excluding carboxylic acids is 2. The van der Waals surface area contributed by atoms with E-state index in [2.05, 4.69) is 4.65 Å². The summed E-state index contributed by atoms with van der Waals surface area (Å²) in [5.74, 6) is -4.14. The molecule has 0 saturated heterocycles. The first-order chi connectivity index (χ1) is 4.04. The van der Waals surface area contributed by atoms with Crippen molar-refractivity contribution in [3.8, 4) is 0 Å². The van der Waals surface area contributed by atoms with Gasteiger partial charge in [0, 0.05) is 0 Å². The van der Waals surface area contributed by atoms with Gasteiger partial charge in [-0.1, -0.05) is 0 Å². The van der Waals surface area contributed by atoms with Gasteiger partial charge < -0.3 is 24.6 Å². The summed E-state index contributed by atoms with van der Waals surface area (Å²) in [4.78, 5) is 19.0. The smallest absolute Gasteiger partial charge is 0.860 e. The zero-order valence-corrected chi connectivity index (χ0v) is 5.76. The molecule has 8 heteroatoms. The number of carbonyl (C=O) groups is 2. The van der Waals surface area contributed by atoms with Crippen molar-refractivity contribution in [1.29, 1.82) is 0 Å². The molecule has 0 spiro atoms. The zero-order valence-electron chi connectivity index (χ0n) is 4.60. The van der Waals surface area contributed by atoms with Crippen molar-refractivity contribution in [1.82, 2.24) is 0 Å². The first-order valence-electron chi connectivity index (χ1n) is 1.77. The standard InChI is InChI=1S/C2HBO6.Al/c4-1(5)2(6)9-3(7)8;/h(H,4,5);/q-2;+3/p-1. The first kappa shape index (κ1) is 12.2. The van der Waals surface area contributed by atoms with Gasteiger partial charge in [-0.3, -0.25) is 0 Å². The minimum absolute atomic E-state index is 0. The van der Waals surface area contributed by atoms with Crippen molar-refractivity contribution >= 4 is 36.6 Å². The predicted molar refractivity (Wildman–Crippen MR) is 22.6 cm³/mol. The van der Waals surface area contributed by atoms with Crippen molar-refractivity contribution in [2.45, 2.75) is 0 Å². The quantitative estimate of drug-likeness (QED) is 0.278. The zero-order chi connectivity index (χ0) is 7.44. The van der Waals surface area contributed by atoms with Gasteiger partial charge in [0.2, 0.25) is 0 Å². The van der Waals surface area contributed by atoms with Gasteiger partial charge in [0.15, 0.2) is 5.97 Å². The largest absolute Gasteiger partial charge is 3.00 e. The van der Waals surface area contributed by atoms with E-state index in [-0.39, 0.29) is 17.4 Å². The van der Waals surface area contributed by atoms with Gasteiger partial charge in [-0.15, -0.1) is 0 Å². The summed E-state index contributed by atoms with van der Waals surface area (Å²) in [6, 6.07) is 0. The third kappa shape index (κ3) is 5.59. The maximum absolute atomic E-state index is 9.67. The van der Waals surface area contributed by atoms with Crippen molar-refractivity contribution in [3.05, 3.63) is 0 Å². The van der Waals surface area contributed by atoms with Crippen LogP contribution in [0.4, 0.5) is 0 Å². The molecule has 0 N–H and O–H groups in total. The molecule has 0 aromatic heterocycles. The molecule has 0 saturated carbocycles. The summed E-state index contributed by atoms with van der Waals surface area (Å²) in [6.45, 7) is 0. The molecular formula is C2AlBO6. The molecule has 0 radical (unpaired) electrons. The number of hydrogen-bond acceptors (Lipinski definition) is 6. The Labute approximate surface area is 66.7 Å². The van der Waals surface area contributed by atoms with E-state index in [4.69, 9.17) is 0 Å². The van der Waals surface area contributed by atoms with E-state index >= 15 is 0 Å². The predicted octanol–water partition coefficient (Wildman–Crippen LogP) is -5.40. The van der Waals surface area contributed by atoms with Crippen molar-refractivity contribution < 1.29 is 29.4 Å². The second-order valence-electron chi connectivity index (χ2n) is 0.981. The maximum atomic E-state index is 9.67. The molecule has 0 aliphatic rings. The van der Waals surface area contributed by atoms with Gasteiger partial charge >= 0.3 is 23.3 Å². The average molecular weight is 158 g/mol. The molecule has 0 aliphatic carbocycles. The minimum atomic E-state index is -2.91. The maximum Gasteiger partial charge on any atom is 3.00 e. The van der Waals surface area contributed by atoms with Crippen molar-refractivity contribution in [2.24, 2.45) is 0 Å². The van der Waals surface area contributed by atoms with Crippen LogP contribution in [0.1, 0.15) is 0 Å². The van der Waals surface area contributed by atoms with Crippen molar-refractivity contribution in [3.63, 3.8) is 0 Å². The van der Waals surface area contributed by atoms with E-state index in [0.29, 0.717) is 0 Å². The Hall–Kier alpha value is -0.543. The third-order valence-electron chi connectivity index (χ3n) is 0.370. The van der Waals surface area contributed by atoms with Crippen LogP contribution < -0.4 is 15.2 Å². The summed E-state index contributed by atoms with van der Waals surface area (Å²) >= 11 is 0. The fourth-order valence-electron chi connectivity index (χ4n) is 0.136. The fraction of sp³-hybridized carbons (Fsp3) is 0. The van der Waals surface area contributed by atoms with Gasteiger partial charge in [0.1, 0.15) is 7.32 Å². The minimum Gasteiger partial charge on any atom is -0.860 e. The molecule has 0 aromatic carbocycles. The summed E-state index contributed by atoms with van der Waals surface area (Å²) in [6.07, 6.45) is 0. The Kier molecular flexibility index (Phi) is 6.40. The van der Waals surface area contributed by atoms with Crippen molar-refractivity contribution in [2.75, 3.05) is 0 Å². The van der Waals surface area contributed by atoms with Gasteiger partial charge in [0.05, 0.1) is 0 Å². The van der Waals surface area contributed by atoms with Gasteiger partial charge in [-0.05, 0) is 0 Å². The summed E-state index contributed by atoms with van der Waals surface area (Å²) in [7, 11) is -2.91. The number of rotatable bonds is 1. The van der Waals surface area contributed by atoms with Crippen LogP contribution in [0.25, 0.3) is 0 Å². The van der Waals surface area contributed by atoms with Crippen LogP contribution in [-0.4, -0.2) is 36.6 Å². The van der Waals surface area contributed by atoms with Gasteiger partial charge in [0.25, 0.3) is 0 Å². The molecule has 10 heavy (non-hydrogen) atoms. The normalized spacial score (nSPS) is 7.40. The van der Waals surface area contributed by atoms with Crippen LogP contribution >= 0.6 is 0 Å². The van der Waals surface area contributed by atoms with Gasteiger partial charge in [-0.25, -0.2) is 4.79 Å². The van der Waals surface area contributed by atoms with Crippen LogP contribution in [0.2, 0.25) is 0 Å². The van der Waals surface area contributed by atoms with E-state index in [9.17, 15) is 24.7 Å². The summed E-state index contributed by atoms with van der Waals surface area (Å²) < 4.78 is 3.10. The van der Waals surface area contributed by atoms with Crippen LogP contribution in [0.3, 0.4) is 0 Å². The number of carboxylic acid groups (broad SMARTS) is 1. The van der Waals surface area contributed by atoms with E-state index in [1.807, 2.05) is 0 Å². The SMILES string of the molecule is O=C([O-])C(=O)OB([O-])[O-].[Al+3].